The average Bonchev–Trinajstić information content (AvgIpc) is 3.47. The Balaban J connectivity index is 4.12. The Morgan fingerprint density at radius 3 is 0.753 bits per heavy atom. The van der Waals surface area contributed by atoms with E-state index in [0.717, 1.165) is 83.5 Å². The molecule has 81 heavy (non-hydrogen) atoms. The van der Waals surface area contributed by atoms with E-state index < -0.39 is 6.10 Å². The van der Waals surface area contributed by atoms with Crippen molar-refractivity contribution in [1.29, 1.82) is 0 Å². The smallest absolute Gasteiger partial charge is 0.306 e. The molecule has 0 saturated heterocycles. The SMILES string of the molecule is CC/C=C\C/C=C\C/C=C\CCCCCCCCCC(=O)OC(COC(=O)CCCCCCCCCCCCCCCC)COC(=O)CCCCCCCCCCCCCCCCCCCCCCCCCCCCCCCCCC. The maximum absolute atomic E-state index is 12.9. The van der Waals surface area contributed by atoms with Crippen LogP contribution in [0.25, 0.3) is 0 Å². The van der Waals surface area contributed by atoms with Crippen LogP contribution in [0.1, 0.15) is 406 Å². The first kappa shape index (κ1) is 78.6. The molecule has 0 radical (unpaired) electrons. The topological polar surface area (TPSA) is 78.9 Å². The molecule has 0 aromatic carbocycles. The van der Waals surface area contributed by atoms with E-state index in [4.69, 9.17) is 14.2 Å². The van der Waals surface area contributed by atoms with Crippen LogP contribution in [0.5, 0.6) is 0 Å². The van der Waals surface area contributed by atoms with Crippen LogP contribution in [-0.2, 0) is 28.6 Å². The summed E-state index contributed by atoms with van der Waals surface area (Å²) in [5.74, 6) is -0.851. The summed E-state index contributed by atoms with van der Waals surface area (Å²) in [4.78, 5) is 38.4. The number of carbonyl (C=O) groups excluding carboxylic acids is 3. The van der Waals surface area contributed by atoms with Crippen molar-refractivity contribution >= 4 is 17.9 Å². The lowest BCUT2D eigenvalue weighted by Gasteiger charge is -2.18. The van der Waals surface area contributed by atoms with Gasteiger partial charge in [0.25, 0.3) is 0 Å². The fourth-order valence-corrected chi connectivity index (χ4v) is 11.2. The molecule has 0 spiro atoms. The Kier molecular flexibility index (Phi) is 68.1. The predicted octanol–water partition coefficient (Wildman–Crippen LogP) is 25.1. The van der Waals surface area contributed by atoms with Crippen molar-refractivity contribution in [2.45, 2.75) is 412 Å². The fourth-order valence-electron chi connectivity index (χ4n) is 11.2. The van der Waals surface area contributed by atoms with E-state index in [0.29, 0.717) is 19.3 Å². The summed E-state index contributed by atoms with van der Waals surface area (Å²) < 4.78 is 17.0. The van der Waals surface area contributed by atoms with E-state index in [1.54, 1.807) is 0 Å². The van der Waals surface area contributed by atoms with Crippen LogP contribution in [-0.4, -0.2) is 37.2 Å². The summed E-state index contributed by atoms with van der Waals surface area (Å²) in [7, 11) is 0. The molecule has 476 valence electrons. The van der Waals surface area contributed by atoms with Gasteiger partial charge in [-0.25, -0.2) is 0 Å². The normalized spacial score (nSPS) is 12.2. The maximum atomic E-state index is 12.9. The first-order chi connectivity index (χ1) is 40.0. The van der Waals surface area contributed by atoms with Crippen LogP contribution in [0.3, 0.4) is 0 Å². The lowest BCUT2D eigenvalue weighted by molar-refractivity contribution is -0.167. The summed E-state index contributed by atoms with van der Waals surface area (Å²) >= 11 is 0. The van der Waals surface area contributed by atoms with Crippen LogP contribution in [0.4, 0.5) is 0 Å². The fraction of sp³-hybridized carbons (Fsp3) is 0.880. The van der Waals surface area contributed by atoms with Crippen molar-refractivity contribution in [2.75, 3.05) is 13.2 Å². The second-order valence-electron chi connectivity index (χ2n) is 24.8. The highest BCUT2D eigenvalue weighted by atomic mass is 16.6. The number of hydrogen-bond acceptors (Lipinski definition) is 6. The monoisotopic (exact) mass is 1140 g/mol. The summed E-state index contributed by atoms with van der Waals surface area (Å²) in [6.45, 7) is 6.60. The number of hydrogen-bond donors (Lipinski definition) is 0. The van der Waals surface area contributed by atoms with Crippen LogP contribution in [0, 0.1) is 0 Å². The van der Waals surface area contributed by atoms with E-state index >= 15 is 0 Å². The largest absolute Gasteiger partial charge is 0.462 e. The highest BCUT2D eigenvalue weighted by Crippen LogP contribution is 2.19. The minimum absolute atomic E-state index is 0.0706. The standard InChI is InChI=1S/C75H140O6/c1-4-7-10-13-16-19-22-25-28-30-31-32-33-34-35-36-37-38-39-40-41-42-43-44-46-47-50-53-56-59-62-65-68-74(77)80-71-72(70-79-73(76)67-64-61-58-55-52-49-27-24-21-18-15-12-9-6-3)81-75(78)69-66-63-60-57-54-51-48-45-29-26-23-20-17-14-11-8-5-2/h8,11,17,20,26,29,72H,4-7,9-10,12-16,18-19,21-25,27-28,30-71H2,1-3H3/b11-8-,20-17-,29-26-. The summed E-state index contributed by atoms with van der Waals surface area (Å²) in [6, 6.07) is 0. The lowest BCUT2D eigenvalue weighted by Crippen LogP contribution is -2.30. The third-order valence-corrected chi connectivity index (χ3v) is 16.7. The highest BCUT2D eigenvalue weighted by molar-refractivity contribution is 5.71. The molecule has 0 amide bonds. The van der Waals surface area contributed by atoms with Crippen LogP contribution in [0.2, 0.25) is 0 Å². The number of unbranched alkanes of at least 4 members (excludes halogenated alkanes) is 51. The molecule has 0 saturated carbocycles. The minimum Gasteiger partial charge on any atom is -0.462 e. The number of ether oxygens (including phenoxy) is 3. The average molecular weight is 1140 g/mol. The van der Waals surface area contributed by atoms with E-state index in [2.05, 4.69) is 57.2 Å². The van der Waals surface area contributed by atoms with Crippen molar-refractivity contribution < 1.29 is 28.6 Å². The molecule has 0 aromatic rings. The van der Waals surface area contributed by atoms with Gasteiger partial charge in [0.1, 0.15) is 13.2 Å². The minimum atomic E-state index is -0.775. The van der Waals surface area contributed by atoms with Gasteiger partial charge >= 0.3 is 17.9 Å². The van der Waals surface area contributed by atoms with Gasteiger partial charge in [-0.3, -0.25) is 14.4 Å². The van der Waals surface area contributed by atoms with E-state index in [1.165, 1.54) is 283 Å². The van der Waals surface area contributed by atoms with Gasteiger partial charge in [-0.1, -0.05) is 372 Å². The Hall–Kier alpha value is -2.37. The van der Waals surface area contributed by atoms with Crippen LogP contribution in [0.15, 0.2) is 36.5 Å². The third kappa shape index (κ3) is 68.3. The molecule has 0 aliphatic rings. The van der Waals surface area contributed by atoms with Gasteiger partial charge in [-0.15, -0.1) is 0 Å². The molecule has 6 nitrogen and oxygen atoms in total. The molecule has 1 atom stereocenters. The molecular weight excluding hydrogens is 997 g/mol. The van der Waals surface area contributed by atoms with E-state index in [1.807, 2.05) is 0 Å². The highest BCUT2D eigenvalue weighted by Gasteiger charge is 2.19. The van der Waals surface area contributed by atoms with Gasteiger partial charge in [0.15, 0.2) is 6.10 Å². The third-order valence-electron chi connectivity index (χ3n) is 16.7. The Morgan fingerprint density at radius 2 is 0.481 bits per heavy atom. The number of allylic oxidation sites excluding steroid dienone is 6. The van der Waals surface area contributed by atoms with Gasteiger partial charge in [0.05, 0.1) is 0 Å². The zero-order chi connectivity index (χ0) is 58.5. The molecule has 0 rings (SSSR count). The number of carbonyl (C=O) groups is 3. The maximum Gasteiger partial charge on any atom is 0.306 e. The Bertz CT molecular complexity index is 1350. The molecule has 0 heterocycles. The molecular formula is C75H140O6. The molecule has 0 N–H and O–H groups in total. The van der Waals surface area contributed by atoms with Crippen molar-refractivity contribution in [2.24, 2.45) is 0 Å². The quantitative estimate of drug-likeness (QED) is 0.0261. The predicted molar refractivity (Wildman–Crippen MR) is 353 cm³/mol. The first-order valence-electron chi connectivity index (χ1n) is 36.5. The first-order valence-corrected chi connectivity index (χ1v) is 36.5. The lowest BCUT2D eigenvalue weighted by atomic mass is 10.0. The van der Waals surface area contributed by atoms with Gasteiger partial charge < -0.3 is 14.2 Å². The second kappa shape index (κ2) is 70.1. The zero-order valence-corrected chi connectivity index (χ0v) is 54.8. The second-order valence-corrected chi connectivity index (χ2v) is 24.8. The van der Waals surface area contributed by atoms with Crippen molar-refractivity contribution in [3.63, 3.8) is 0 Å². The zero-order valence-electron chi connectivity index (χ0n) is 54.8. The molecule has 0 aliphatic heterocycles. The van der Waals surface area contributed by atoms with Crippen molar-refractivity contribution in [1.82, 2.24) is 0 Å². The van der Waals surface area contributed by atoms with Gasteiger partial charge in [-0.2, -0.15) is 0 Å². The molecule has 0 bridgehead atoms. The molecule has 6 heteroatoms. The Morgan fingerprint density at radius 1 is 0.259 bits per heavy atom. The summed E-state index contributed by atoms with van der Waals surface area (Å²) in [6.07, 6.45) is 87.7. The molecule has 1 unspecified atom stereocenters. The molecule has 0 aromatic heterocycles. The van der Waals surface area contributed by atoms with Crippen molar-refractivity contribution in [3.05, 3.63) is 36.5 Å². The van der Waals surface area contributed by atoms with Crippen LogP contribution >= 0.6 is 0 Å². The molecule has 0 aliphatic carbocycles. The van der Waals surface area contributed by atoms with Gasteiger partial charge in [-0.05, 0) is 51.4 Å². The van der Waals surface area contributed by atoms with Crippen molar-refractivity contribution in [3.8, 4) is 0 Å². The summed E-state index contributed by atoms with van der Waals surface area (Å²) in [5, 5.41) is 0. The number of rotatable bonds is 68. The van der Waals surface area contributed by atoms with Gasteiger partial charge in [0, 0.05) is 19.3 Å². The van der Waals surface area contributed by atoms with E-state index in [-0.39, 0.29) is 31.1 Å². The van der Waals surface area contributed by atoms with Crippen LogP contribution < -0.4 is 0 Å². The Labute approximate surface area is 506 Å². The molecule has 0 fully saturated rings. The van der Waals surface area contributed by atoms with E-state index in [9.17, 15) is 14.4 Å². The summed E-state index contributed by atoms with van der Waals surface area (Å²) in [5.41, 5.74) is 0. The van der Waals surface area contributed by atoms with Gasteiger partial charge in [0.2, 0.25) is 0 Å². The number of esters is 3.